The van der Waals surface area contributed by atoms with E-state index in [0.29, 0.717) is 10.6 Å². The molecule has 3 aromatic rings. The Morgan fingerprint density at radius 3 is 2.54 bits per heavy atom. The summed E-state index contributed by atoms with van der Waals surface area (Å²) in [5, 5.41) is 1.31. The smallest absolute Gasteiger partial charge is 0.252 e. The highest BCUT2D eigenvalue weighted by Gasteiger charge is 2.14. The Balaban J connectivity index is 1.89. The van der Waals surface area contributed by atoms with Gasteiger partial charge in [-0.2, -0.15) is 0 Å². The quantitative estimate of drug-likeness (QED) is 0.748. The largest absolute Gasteiger partial charge is 0.321 e. The SMILES string of the molecule is Cc1cccc2cc(CNS(=O)(=O)c3ccc(Cl)cc3)c(=O)[nH]c12. The predicted octanol–water partition coefficient (Wildman–Crippen LogP) is 2.97. The van der Waals surface area contributed by atoms with E-state index in [1.54, 1.807) is 6.07 Å². The number of hydrogen-bond acceptors (Lipinski definition) is 3. The standard InChI is InChI=1S/C17H15ClN2O3S/c1-11-3-2-4-12-9-13(17(21)20-16(11)12)10-19-24(22,23)15-7-5-14(18)6-8-15/h2-9,19H,10H2,1H3,(H,20,21). The second kappa shape index (κ2) is 6.39. The normalized spacial score (nSPS) is 11.8. The Kier molecular flexibility index (Phi) is 4.45. The van der Waals surface area contributed by atoms with Crippen molar-refractivity contribution < 1.29 is 8.42 Å². The fourth-order valence-electron chi connectivity index (χ4n) is 2.43. The topological polar surface area (TPSA) is 79.0 Å². The van der Waals surface area contributed by atoms with Gasteiger partial charge < -0.3 is 4.98 Å². The molecule has 0 saturated heterocycles. The first-order chi connectivity index (χ1) is 11.4. The molecular formula is C17H15ClN2O3S. The van der Waals surface area contributed by atoms with E-state index in [4.69, 9.17) is 11.6 Å². The van der Waals surface area contributed by atoms with Crippen LogP contribution in [0.15, 0.2) is 58.2 Å². The fraction of sp³-hybridized carbons (Fsp3) is 0.118. The number of aryl methyl sites for hydroxylation is 1. The van der Waals surface area contributed by atoms with Crippen LogP contribution in [0, 0.1) is 6.92 Å². The lowest BCUT2D eigenvalue weighted by Gasteiger charge is -2.08. The first kappa shape index (κ1) is 16.7. The fourth-order valence-corrected chi connectivity index (χ4v) is 3.56. The summed E-state index contributed by atoms with van der Waals surface area (Å²) >= 11 is 5.76. The number of nitrogens with one attached hydrogen (secondary N) is 2. The number of benzene rings is 2. The first-order valence-electron chi connectivity index (χ1n) is 7.23. The van der Waals surface area contributed by atoms with Gasteiger partial charge in [0.25, 0.3) is 5.56 Å². The third kappa shape index (κ3) is 3.36. The van der Waals surface area contributed by atoms with Gasteiger partial charge in [0.05, 0.1) is 10.4 Å². The molecule has 3 rings (SSSR count). The number of rotatable bonds is 4. The summed E-state index contributed by atoms with van der Waals surface area (Å²) < 4.78 is 27.0. The van der Waals surface area contributed by atoms with Crippen molar-refractivity contribution in [3.8, 4) is 0 Å². The number of halogens is 1. The van der Waals surface area contributed by atoms with E-state index >= 15 is 0 Å². The van der Waals surface area contributed by atoms with Crippen molar-refractivity contribution in [1.29, 1.82) is 0 Å². The molecule has 1 heterocycles. The minimum Gasteiger partial charge on any atom is -0.321 e. The summed E-state index contributed by atoms with van der Waals surface area (Å²) in [5.41, 5.74) is 1.76. The van der Waals surface area contributed by atoms with Crippen LogP contribution in [-0.4, -0.2) is 13.4 Å². The highest BCUT2D eigenvalue weighted by atomic mass is 35.5. The number of fused-ring (bicyclic) bond motifs is 1. The molecule has 2 N–H and O–H groups in total. The van der Waals surface area contributed by atoms with Crippen LogP contribution < -0.4 is 10.3 Å². The highest BCUT2D eigenvalue weighted by Crippen LogP contribution is 2.16. The summed E-state index contributed by atoms with van der Waals surface area (Å²) in [7, 11) is -3.71. The number of sulfonamides is 1. The van der Waals surface area contributed by atoms with E-state index in [9.17, 15) is 13.2 Å². The Bertz CT molecular complexity index is 1060. The van der Waals surface area contributed by atoms with Crippen LogP contribution in [-0.2, 0) is 16.6 Å². The molecule has 124 valence electrons. The lowest BCUT2D eigenvalue weighted by Crippen LogP contribution is -2.27. The van der Waals surface area contributed by atoms with E-state index < -0.39 is 10.0 Å². The predicted molar refractivity (Wildman–Crippen MR) is 94.8 cm³/mol. The molecule has 5 nitrogen and oxygen atoms in total. The zero-order valence-electron chi connectivity index (χ0n) is 12.8. The van der Waals surface area contributed by atoms with Gasteiger partial charge in [0.15, 0.2) is 0 Å². The van der Waals surface area contributed by atoms with E-state index in [1.807, 2.05) is 25.1 Å². The Labute approximate surface area is 144 Å². The molecule has 7 heteroatoms. The number of H-pyrrole nitrogens is 1. The monoisotopic (exact) mass is 362 g/mol. The van der Waals surface area contributed by atoms with Gasteiger partial charge in [0.1, 0.15) is 0 Å². The molecule has 0 aliphatic heterocycles. The molecular weight excluding hydrogens is 348 g/mol. The van der Waals surface area contributed by atoms with E-state index in [0.717, 1.165) is 16.5 Å². The van der Waals surface area contributed by atoms with Gasteiger partial charge in [-0.3, -0.25) is 4.79 Å². The minimum absolute atomic E-state index is 0.0931. The van der Waals surface area contributed by atoms with E-state index in [1.165, 1.54) is 24.3 Å². The molecule has 0 saturated carbocycles. The van der Waals surface area contributed by atoms with E-state index in [2.05, 4.69) is 9.71 Å². The van der Waals surface area contributed by atoms with Crippen molar-refractivity contribution in [2.75, 3.05) is 0 Å². The van der Waals surface area contributed by atoms with Gasteiger partial charge in [-0.25, -0.2) is 13.1 Å². The van der Waals surface area contributed by atoms with Crippen LogP contribution in [0.3, 0.4) is 0 Å². The zero-order chi connectivity index (χ0) is 17.3. The summed E-state index contributed by atoms with van der Waals surface area (Å²) in [5.74, 6) is 0. The summed E-state index contributed by atoms with van der Waals surface area (Å²) in [6.45, 7) is 1.81. The van der Waals surface area contributed by atoms with Crippen LogP contribution in [0.2, 0.25) is 5.02 Å². The maximum atomic E-state index is 12.3. The third-order valence-electron chi connectivity index (χ3n) is 3.74. The highest BCUT2D eigenvalue weighted by molar-refractivity contribution is 7.89. The third-order valence-corrected chi connectivity index (χ3v) is 5.41. The maximum Gasteiger partial charge on any atom is 0.252 e. The van der Waals surface area contributed by atoms with E-state index in [-0.39, 0.29) is 17.0 Å². The van der Waals surface area contributed by atoms with Crippen LogP contribution >= 0.6 is 11.6 Å². The van der Waals surface area contributed by atoms with Crippen molar-refractivity contribution in [1.82, 2.24) is 9.71 Å². The van der Waals surface area contributed by atoms with Crippen LogP contribution in [0.1, 0.15) is 11.1 Å². The molecule has 0 aliphatic carbocycles. The first-order valence-corrected chi connectivity index (χ1v) is 9.10. The Morgan fingerprint density at radius 2 is 1.83 bits per heavy atom. The average molecular weight is 363 g/mol. The Morgan fingerprint density at radius 1 is 1.12 bits per heavy atom. The van der Waals surface area contributed by atoms with Gasteiger partial charge in [-0.05, 0) is 48.2 Å². The lowest BCUT2D eigenvalue weighted by molar-refractivity contribution is 0.581. The lowest BCUT2D eigenvalue weighted by atomic mass is 10.1. The summed E-state index contributed by atoms with van der Waals surface area (Å²) in [6, 6.07) is 13.2. The Hall–Kier alpha value is -2.15. The molecule has 0 radical (unpaired) electrons. The minimum atomic E-state index is -3.71. The number of para-hydroxylation sites is 1. The molecule has 0 spiro atoms. The molecule has 0 amide bonds. The van der Waals surface area contributed by atoms with Crippen molar-refractivity contribution in [3.05, 3.63) is 75.0 Å². The van der Waals surface area contributed by atoms with Crippen molar-refractivity contribution in [2.24, 2.45) is 0 Å². The van der Waals surface area contributed by atoms with Crippen molar-refractivity contribution >= 4 is 32.5 Å². The van der Waals surface area contributed by atoms with Crippen LogP contribution in [0.5, 0.6) is 0 Å². The van der Waals surface area contributed by atoms with Crippen molar-refractivity contribution in [3.63, 3.8) is 0 Å². The zero-order valence-corrected chi connectivity index (χ0v) is 14.4. The van der Waals surface area contributed by atoms with Gasteiger partial charge in [0, 0.05) is 17.1 Å². The number of aromatic nitrogens is 1. The number of aromatic amines is 1. The summed E-state index contributed by atoms with van der Waals surface area (Å²) in [6.07, 6.45) is 0. The molecule has 1 aromatic heterocycles. The molecule has 0 fully saturated rings. The second-order valence-electron chi connectivity index (χ2n) is 5.44. The molecule has 0 atom stereocenters. The summed E-state index contributed by atoms with van der Waals surface area (Å²) in [4.78, 5) is 15.1. The van der Waals surface area contributed by atoms with Gasteiger partial charge >= 0.3 is 0 Å². The molecule has 24 heavy (non-hydrogen) atoms. The second-order valence-corrected chi connectivity index (χ2v) is 7.64. The van der Waals surface area contributed by atoms with Crippen molar-refractivity contribution in [2.45, 2.75) is 18.4 Å². The average Bonchev–Trinajstić information content (AvgIpc) is 2.54. The maximum absolute atomic E-state index is 12.3. The molecule has 0 unspecified atom stereocenters. The van der Waals surface area contributed by atoms with Gasteiger partial charge in [0.2, 0.25) is 10.0 Å². The van der Waals surface area contributed by atoms with Crippen LogP contribution in [0.25, 0.3) is 10.9 Å². The molecule has 2 aromatic carbocycles. The van der Waals surface area contributed by atoms with Gasteiger partial charge in [-0.1, -0.05) is 29.8 Å². The van der Waals surface area contributed by atoms with Crippen LogP contribution in [0.4, 0.5) is 0 Å². The molecule has 0 bridgehead atoms. The van der Waals surface area contributed by atoms with Gasteiger partial charge in [-0.15, -0.1) is 0 Å². The number of pyridine rings is 1. The number of hydrogen-bond donors (Lipinski definition) is 2. The molecule has 0 aliphatic rings.